The third kappa shape index (κ3) is 35.3. The maximum absolute atomic E-state index is 9.59. The van der Waals surface area contributed by atoms with Crippen LogP contribution in [-0.4, -0.2) is 24.6 Å². The Morgan fingerprint density at radius 3 is 1.00 bits per heavy atom. The number of hydrogen-bond acceptors (Lipinski definition) is 3. The summed E-state index contributed by atoms with van der Waals surface area (Å²) in [6, 6.07) is 0. The highest BCUT2D eigenvalue weighted by Gasteiger charge is 1.95. The van der Waals surface area contributed by atoms with Gasteiger partial charge in [-0.15, -0.1) is 0 Å². The van der Waals surface area contributed by atoms with Crippen molar-refractivity contribution in [2.45, 2.75) is 149 Å². The first-order chi connectivity index (χ1) is 14.7. The molecule has 0 amide bonds. The molecule has 0 heterocycles. The average Bonchev–Trinajstić information content (AvgIpc) is 2.75. The van der Waals surface area contributed by atoms with Crippen LogP contribution in [0.3, 0.4) is 0 Å². The van der Waals surface area contributed by atoms with E-state index in [1.165, 1.54) is 154 Å². The summed E-state index contributed by atoms with van der Waals surface area (Å²) in [5.41, 5.74) is 0. The van der Waals surface area contributed by atoms with E-state index in [0.29, 0.717) is 0 Å². The van der Waals surface area contributed by atoms with E-state index in [9.17, 15) is 4.79 Å². The van der Waals surface area contributed by atoms with Crippen molar-refractivity contribution in [1.29, 1.82) is 0 Å². The van der Waals surface area contributed by atoms with Crippen LogP contribution >= 0.6 is 11.8 Å². The minimum atomic E-state index is -0.245. The standard InChI is InChI=1S/C24H50S.C3H6O2/c1-3-5-7-9-11-13-15-17-19-21-23-25-24-22-20-18-16-14-12-10-8-6-4-2;1-3(4)5-2/h3-24H2,1-2H3;1-2H3. The summed E-state index contributed by atoms with van der Waals surface area (Å²) in [5, 5.41) is 0. The lowest BCUT2D eigenvalue weighted by Gasteiger charge is -2.04. The third-order valence-electron chi connectivity index (χ3n) is 5.57. The minimum absolute atomic E-state index is 0.245. The molecule has 0 unspecified atom stereocenters. The van der Waals surface area contributed by atoms with Crippen molar-refractivity contribution >= 4 is 17.7 Å². The van der Waals surface area contributed by atoms with Gasteiger partial charge < -0.3 is 4.74 Å². The number of rotatable bonds is 22. The number of esters is 1. The van der Waals surface area contributed by atoms with E-state index in [0.717, 1.165) is 0 Å². The second-order valence-electron chi connectivity index (χ2n) is 8.67. The highest BCUT2D eigenvalue weighted by atomic mass is 32.2. The average molecular weight is 445 g/mol. The Bertz CT molecular complexity index is 285. The summed E-state index contributed by atoms with van der Waals surface area (Å²) in [4.78, 5) is 9.59. The lowest BCUT2D eigenvalue weighted by molar-refractivity contribution is -0.137. The Hall–Kier alpha value is -0.180. The van der Waals surface area contributed by atoms with Crippen molar-refractivity contribution in [1.82, 2.24) is 0 Å². The number of ether oxygens (including phenoxy) is 1. The van der Waals surface area contributed by atoms with E-state index in [2.05, 4.69) is 30.3 Å². The normalized spacial score (nSPS) is 10.5. The zero-order valence-electron chi connectivity index (χ0n) is 21.3. The van der Waals surface area contributed by atoms with Crippen LogP contribution in [0.1, 0.15) is 149 Å². The van der Waals surface area contributed by atoms with E-state index < -0.39 is 0 Å². The van der Waals surface area contributed by atoms with Crippen LogP contribution in [0, 0.1) is 0 Å². The van der Waals surface area contributed by atoms with Gasteiger partial charge >= 0.3 is 5.97 Å². The second kappa shape index (κ2) is 31.0. The highest BCUT2D eigenvalue weighted by molar-refractivity contribution is 7.99. The number of thioether (sulfide) groups is 1. The number of unbranched alkanes of at least 4 members (excludes halogenated alkanes) is 18. The van der Waals surface area contributed by atoms with Gasteiger partial charge in [-0.05, 0) is 24.3 Å². The van der Waals surface area contributed by atoms with Gasteiger partial charge in [0.05, 0.1) is 7.11 Å². The molecule has 0 fully saturated rings. The van der Waals surface area contributed by atoms with E-state index >= 15 is 0 Å². The number of hydrogen-bond donors (Lipinski definition) is 0. The van der Waals surface area contributed by atoms with Crippen molar-refractivity contribution in [3.63, 3.8) is 0 Å². The fourth-order valence-electron chi connectivity index (χ4n) is 3.49. The molecule has 0 saturated heterocycles. The largest absolute Gasteiger partial charge is 0.469 e. The van der Waals surface area contributed by atoms with E-state index in [-0.39, 0.29) is 5.97 Å². The first-order valence-corrected chi connectivity index (χ1v) is 14.5. The topological polar surface area (TPSA) is 26.3 Å². The summed E-state index contributed by atoms with van der Waals surface area (Å²) >= 11 is 2.21. The van der Waals surface area contributed by atoms with Crippen LogP contribution in [0.25, 0.3) is 0 Å². The molecule has 0 rings (SSSR count). The van der Waals surface area contributed by atoms with Crippen molar-refractivity contribution < 1.29 is 9.53 Å². The van der Waals surface area contributed by atoms with Crippen LogP contribution < -0.4 is 0 Å². The van der Waals surface area contributed by atoms with Gasteiger partial charge in [-0.2, -0.15) is 11.8 Å². The lowest BCUT2D eigenvalue weighted by Crippen LogP contribution is -1.88. The molecule has 0 atom stereocenters. The Balaban J connectivity index is 0. The van der Waals surface area contributed by atoms with Gasteiger partial charge in [0.15, 0.2) is 0 Å². The van der Waals surface area contributed by atoms with Gasteiger partial charge in [-0.3, -0.25) is 4.79 Å². The molecule has 0 aliphatic heterocycles. The van der Waals surface area contributed by atoms with E-state index in [4.69, 9.17) is 0 Å². The molecule has 0 radical (unpaired) electrons. The van der Waals surface area contributed by atoms with Gasteiger partial charge in [-0.25, -0.2) is 0 Å². The van der Waals surface area contributed by atoms with E-state index in [1.54, 1.807) is 0 Å². The molecule has 0 aliphatic carbocycles. The number of carbonyl (C=O) groups is 1. The van der Waals surface area contributed by atoms with Crippen molar-refractivity contribution in [2.75, 3.05) is 18.6 Å². The molecule has 0 aliphatic rings. The quantitative estimate of drug-likeness (QED) is 0.123. The van der Waals surface area contributed by atoms with Crippen LogP contribution in [0.2, 0.25) is 0 Å². The van der Waals surface area contributed by atoms with Gasteiger partial charge in [0.25, 0.3) is 0 Å². The van der Waals surface area contributed by atoms with Crippen molar-refractivity contribution in [2.24, 2.45) is 0 Å². The van der Waals surface area contributed by atoms with Gasteiger partial charge in [0.2, 0.25) is 0 Å². The summed E-state index contributed by atoms with van der Waals surface area (Å²) in [6.07, 6.45) is 29.2. The van der Waals surface area contributed by atoms with E-state index in [1.807, 2.05) is 0 Å². The van der Waals surface area contributed by atoms with Crippen LogP contribution in [0.4, 0.5) is 0 Å². The van der Waals surface area contributed by atoms with Crippen molar-refractivity contribution in [3.8, 4) is 0 Å². The predicted molar refractivity (Wildman–Crippen MR) is 139 cm³/mol. The fourth-order valence-corrected chi connectivity index (χ4v) is 4.51. The summed E-state index contributed by atoms with van der Waals surface area (Å²) in [6.45, 7) is 5.96. The first-order valence-electron chi connectivity index (χ1n) is 13.3. The molecule has 0 aromatic carbocycles. The monoisotopic (exact) mass is 444 g/mol. The molecule has 30 heavy (non-hydrogen) atoms. The molecule has 182 valence electrons. The summed E-state index contributed by atoms with van der Waals surface area (Å²) in [5.74, 6) is 2.58. The molecular formula is C27H56O2S. The second-order valence-corrected chi connectivity index (χ2v) is 9.90. The summed E-state index contributed by atoms with van der Waals surface area (Å²) < 4.78 is 4.11. The van der Waals surface area contributed by atoms with Gasteiger partial charge in [0.1, 0.15) is 0 Å². The SMILES string of the molecule is CCCCCCCCCCCCSCCCCCCCCCCCC.COC(C)=O. The number of carbonyl (C=O) groups excluding carboxylic acids is 1. The highest BCUT2D eigenvalue weighted by Crippen LogP contribution is 2.15. The zero-order chi connectivity index (χ0) is 22.5. The zero-order valence-corrected chi connectivity index (χ0v) is 22.1. The van der Waals surface area contributed by atoms with Crippen molar-refractivity contribution in [3.05, 3.63) is 0 Å². The smallest absolute Gasteiger partial charge is 0.302 e. The molecule has 0 aromatic heterocycles. The maximum atomic E-state index is 9.59. The summed E-state index contributed by atoms with van der Waals surface area (Å²) in [7, 11) is 1.35. The lowest BCUT2D eigenvalue weighted by atomic mass is 10.1. The molecule has 0 bridgehead atoms. The van der Waals surface area contributed by atoms with Gasteiger partial charge in [0, 0.05) is 6.92 Å². The minimum Gasteiger partial charge on any atom is -0.469 e. The Morgan fingerprint density at radius 1 is 0.533 bits per heavy atom. The Morgan fingerprint density at radius 2 is 0.767 bits per heavy atom. The predicted octanol–water partition coefficient (Wildman–Crippen LogP) is 9.74. The van der Waals surface area contributed by atoms with Crippen LogP contribution in [-0.2, 0) is 9.53 Å². The Labute approximate surface area is 195 Å². The molecule has 2 nitrogen and oxygen atoms in total. The molecule has 3 heteroatoms. The number of methoxy groups -OCH3 is 1. The van der Waals surface area contributed by atoms with Gasteiger partial charge in [-0.1, -0.05) is 129 Å². The molecular weight excluding hydrogens is 388 g/mol. The fraction of sp³-hybridized carbons (Fsp3) is 0.963. The van der Waals surface area contributed by atoms with Crippen LogP contribution in [0.5, 0.6) is 0 Å². The molecule has 0 saturated carbocycles. The van der Waals surface area contributed by atoms with Crippen LogP contribution in [0.15, 0.2) is 0 Å². The molecule has 0 spiro atoms. The maximum Gasteiger partial charge on any atom is 0.302 e. The Kier molecular flexibility index (Phi) is 33.1. The third-order valence-corrected chi connectivity index (χ3v) is 6.73. The molecule has 0 aromatic rings. The first kappa shape index (κ1) is 32.0. The molecule has 0 N–H and O–H groups in total.